The van der Waals surface area contributed by atoms with Gasteiger partial charge in [-0.05, 0) is 34.4 Å². The molecule has 2 N–H and O–H groups in total. The molecule has 0 unspecified atom stereocenters. The zero-order chi connectivity index (χ0) is 36.1. The summed E-state index contributed by atoms with van der Waals surface area (Å²) in [5.74, 6) is -0.0881. The van der Waals surface area contributed by atoms with Crippen LogP contribution in [0.5, 0.6) is 5.75 Å². The van der Waals surface area contributed by atoms with Gasteiger partial charge in [0.1, 0.15) is 25.0 Å². The van der Waals surface area contributed by atoms with E-state index < -0.39 is 18.0 Å². The molecule has 10 heteroatoms. The molecule has 5 aromatic rings. The number of nitrogens with zero attached hydrogens (tertiary/aromatic N) is 3. The molecule has 1 heterocycles. The van der Waals surface area contributed by atoms with Crippen LogP contribution in [0.1, 0.15) is 41.8 Å². The maximum absolute atomic E-state index is 14.4. The van der Waals surface area contributed by atoms with Crippen molar-refractivity contribution in [1.29, 1.82) is 0 Å². The highest BCUT2D eigenvalue weighted by atomic mass is 16.5. The zero-order valence-corrected chi connectivity index (χ0v) is 29.3. The van der Waals surface area contributed by atoms with Crippen LogP contribution in [0, 0.1) is 0 Å². The summed E-state index contributed by atoms with van der Waals surface area (Å²) in [7, 11) is 1.83. The van der Waals surface area contributed by atoms with Gasteiger partial charge in [-0.2, -0.15) is 0 Å². The van der Waals surface area contributed by atoms with Gasteiger partial charge < -0.3 is 29.6 Å². The standard InChI is InChI=1S/C41H45N5O5/c1-41(2,34-17-11-6-12-18-34)29-42-38(47)26-46(24-31-19-21-36(22-20-31)50-27-32-13-7-4-8-14-32)39(48)37(23-35-25-45(3)30-43-35)44-40(49)51-28-33-15-9-5-10-16-33/h4-22,25,30,37H,23-24,26-29H2,1-3H3,(H,42,47)(H,44,49)/t37-/m0/s1. The van der Waals surface area contributed by atoms with Crippen molar-refractivity contribution in [2.45, 2.75) is 51.5 Å². The lowest BCUT2D eigenvalue weighted by Gasteiger charge is -2.29. The quantitative estimate of drug-likeness (QED) is 0.132. The number of ether oxygens (including phenoxy) is 2. The Labute approximate surface area is 299 Å². The van der Waals surface area contributed by atoms with Gasteiger partial charge in [-0.15, -0.1) is 0 Å². The second-order valence-corrected chi connectivity index (χ2v) is 13.1. The average molecular weight is 688 g/mol. The van der Waals surface area contributed by atoms with E-state index in [0.29, 0.717) is 24.6 Å². The van der Waals surface area contributed by atoms with Gasteiger partial charge in [-0.25, -0.2) is 9.78 Å². The van der Waals surface area contributed by atoms with E-state index in [2.05, 4.69) is 29.5 Å². The molecule has 0 aliphatic carbocycles. The molecule has 0 aliphatic heterocycles. The summed E-state index contributed by atoms with van der Waals surface area (Å²) in [5.41, 5.74) is 4.00. The topological polar surface area (TPSA) is 115 Å². The summed E-state index contributed by atoms with van der Waals surface area (Å²) in [6.07, 6.45) is 2.77. The molecule has 0 spiro atoms. The molecule has 264 valence electrons. The number of amides is 3. The number of benzene rings is 4. The average Bonchev–Trinajstić information content (AvgIpc) is 3.57. The Morgan fingerprint density at radius 1 is 0.804 bits per heavy atom. The lowest BCUT2D eigenvalue weighted by atomic mass is 9.84. The molecule has 1 atom stereocenters. The molecule has 0 bridgehead atoms. The van der Waals surface area contributed by atoms with Gasteiger partial charge in [0.05, 0.1) is 18.6 Å². The van der Waals surface area contributed by atoms with Gasteiger partial charge in [-0.1, -0.05) is 117 Å². The number of alkyl carbamates (subject to hydrolysis) is 1. The minimum absolute atomic E-state index is 0.0409. The van der Waals surface area contributed by atoms with Crippen molar-refractivity contribution < 1.29 is 23.9 Å². The minimum atomic E-state index is -1.05. The number of hydrogen-bond donors (Lipinski definition) is 2. The Hall–Kier alpha value is -5.90. The molecular weight excluding hydrogens is 642 g/mol. The molecule has 4 aromatic carbocycles. The van der Waals surface area contributed by atoms with Crippen molar-refractivity contribution in [2.24, 2.45) is 7.05 Å². The second kappa shape index (κ2) is 17.7. The fourth-order valence-corrected chi connectivity index (χ4v) is 5.51. The molecule has 10 nitrogen and oxygen atoms in total. The highest BCUT2D eigenvalue weighted by molar-refractivity contribution is 5.89. The van der Waals surface area contributed by atoms with Crippen LogP contribution in [0.25, 0.3) is 0 Å². The fourth-order valence-electron chi connectivity index (χ4n) is 5.51. The maximum Gasteiger partial charge on any atom is 0.408 e. The first kappa shape index (κ1) is 36.4. The van der Waals surface area contributed by atoms with Gasteiger partial charge in [0.15, 0.2) is 0 Å². The Balaban J connectivity index is 1.32. The highest BCUT2D eigenvalue weighted by Crippen LogP contribution is 2.22. The molecule has 1 aromatic heterocycles. The van der Waals surface area contributed by atoms with E-state index in [1.54, 1.807) is 17.1 Å². The Morgan fingerprint density at radius 2 is 1.41 bits per heavy atom. The van der Waals surface area contributed by atoms with Crippen molar-refractivity contribution in [3.63, 3.8) is 0 Å². The van der Waals surface area contributed by atoms with Crippen LogP contribution in [0.3, 0.4) is 0 Å². The van der Waals surface area contributed by atoms with Gasteiger partial charge >= 0.3 is 6.09 Å². The molecule has 0 aliphatic rings. The van der Waals surface area contributed by atoms with Gasteiger partial charge in [0, 0.05) is 38.2 Å². The van der Waals surface area contributed by atoms with Crippen LogP contribution in [0.15, 0.2) is 128 Å². The fraction of sp³-hybridized carbons (Fsp3) is 0.268. The number of aryl methyl sites for hydroxylation is 1. The van der Waals surface area contributed by atoms with Gasteiger partial charge in [0.25, 0.3) is 0 Å². The largest absolute Gasteiger partial charge is 0.489 e. The molecular formula is C41H45N5O5. The van der Waals surface area contributed by atoms with Crippen molar-refractivity contribution >= 4 is 17.9 Å². The first-order valence-corrected chi connectivity index (χ1v) is 17.0. The molecule has 5 rings (SSSR count). The van der Waals surface area contributed by atoms with E-state index in [9.17, 15) is 14.4 Å². The maximum atomic E-state index is 14.4. The third-order valence-electron chi connectivity index (χ3n) is 8.45. The Bertz CT molecular complexity index is 1840. The predicted octanol–water partition coefficient (Wildman–Crippen LogP) is 5.96. The second-order valence-electron chi connectivity index (χ2n) is 13.1. The smallest absolute Gasteiger partial charge is 0.408 e. The number of carbonyl (C=O) groups is 3. The third-order valence-corrected chi connectivity index (χ3v) is 8.45. The lowest BCUT2D eigenvalue weighted by Crippen LogP contribution is -2.52. The minimum Gasteiger partial charge on any atom is -0.489 e. The van der Waals surface area contributed by atoms with Crippen molar-refractivity contribution in [1.82, 2.24) is 25.1 Å². The molecule has 0 saturated heterocycles. The van der Waals surface area contributed by atoms with Crippen LogP contribution < -0.4 is 15.4 Å². The molecule has 0 fully saturated rings. The van der Waals surface area contributed by atoms with E-state index in [0.717, 1.165) is 22.3 Å². The first-order valence-electron chi connectivity index (χ1n) is 17.0. The van der Waals surface area contributed by atoms with E-state index in [4.69, 9.17) is 9.47 Å². The molecule has 0 radical (unpaired) electrons. The Morgan fingerprint density at radius 3 is 2.02 bits per heavy atom. The summed E-state index contributed by atoms with van der Waals surface area (Å²) in [6.45, 7) is 4.83. The van der Waals surface area contributed by atoms with E-state index in [1.807, 2.05) is 122 Å². The Kier molecular flexibility index (Phi) is 12.6. The van der Waals surface area contributed by atoms with Gasteiger partial charge in [-0.3, -0.25) is 9.59 Å². The van der Waals surface area contributed by atoms with Crippen molar-refractivity contribution in [3.05, 3.63) is 156 Å². The molecule has 0 saturated carbocycles. The van der Waals surface area contributed by atoms with Crippen LogP contribution in [-0.4, -0.2) is 51.5 Å². The normalized spacial score (nSPS) is 11.7. The summed E-state index contributed by atoms with van der Waals surface area (Å²) in [5, 5.41) is 5.77. The van der Waals surface area contributed by atoms with Crippen LogP contribution >= 0.6 is 0 Å². The highest BCUT2D eigenvalue weighted by Gasteiger charge is 2.30. The summed E-state index contributed by atoms with van der Waals surface area (Å²) >= 11 is 0. The van der Waals surface area contributed by atoms with Crippen LogP contribution in [0.2, 0.25) is 0 Å². The summed E-state index contributed by atoms with van der Waals surface area (Å²) in [6, 6.07) is 35.5. The van der Waals surface area contributed by atoms with E-state index in [-0.39, 0.29) is 37.4 Å². The number of rotatable bonds is 16. The first-order chi connectivity index (χ1) is 24.6. The van der Waals surface area contributed by atoms with E-state index in [1.165, 1.54) is 4.90 Å². The molecule has 51 heavy (non-hydrogen) atoms. The lowest BCUT2D eigenvalue weighted by molar-refractivity contribution is -0.138. The van der Waals surface area contributed by atoms with Gasteiger partial charge in [0.2, 0.25) is 11.8 Å². The zero-order valence-electron chi connectivity index (χ0n) is 29.3. The SMILES string of the molecule is Cn1cnc(C[C@H](NC(=O)OCc2ccccc2)C(=O)N(CC(=O)NCC(C)(C)c2ccccc2)Cc2ccc(OCc3ccccc3)cc2)c1. The van der Waals surface area contributed by atoms with Crippen molar-refractivity contribution in [2.75, 3.05) is 13.1 Å². The van der Waals surface area contributed by atoms with Crippen LogP contribution in [0.4, 0.5) is 4.79 Å². The number of aromatic nitrogens is 2. The molecule has 3 amide bonds. The summed E-state index contributed by atoms with van der Waals surface area (Å²) < 4.78 is 13.2. The van der Waals surface area contributed by atoms with Crippen molar-refractivity contribution in [3.8, 4) is 5.75 Å². The number of nitrogens with one attached hydrogen (secondary N) is 2. The van der Waals surface area contributed by atoms with Crippen LogP contribution in [-0.2, 0) is 53.0 Å². The predicted molar refractivity (Wildman–Crippen MR) is 196 cm³/mol. The third kappa shape index (κ3) is 11.3. The summed E-state index contributed by atoms with van der Waals surface area (Å²) in [4.78, 5) is 46.8. The number of carbonyl (C=O) groups excluding carboxylic acids is 3. The monoisotopic (exact) mass is 687 g/mol. The van der Waals surface area contributed by atoms with E-state index >= 15 is 0 Å². The number of hydrogen-bond acceptors (Lipinski definition) is 6. The number of imidazole rings is 1.